The summed E-state index contributed by atoms with van der Waals surface area (Å²) in [6.45, 7) is 6.20. The number of rotatable bonds is 4. The molecule has 3 nitrogen and oxygen atoms in total. The van der Waals surface area contributed by atoms with Crippen molar-refractivity contribution in [1.82, 2.24) is 9.78 Å². The molecule has 86 valence electrons. The fourth-order valence-electron chi connectivity index (χ4n) is 1.87. The van der Waals surface area contributed by atoms with E-state index in [0.29, 0.717) is 5.92 Å². The van der Waals surface area contributed by atoms with Crippen LogP contribution in [0.5, 0.6) is 0 Å². The molecule has 4 heteroatoms. The van der Waals surface area contributed by atoms with Crippen LogP contribution in [0.2, 0.25) is 5.15 Å². The number of aromatic nitrogens is 2. The monoisotopic (exact) mass is 229 g/mol. The maximum atomic E-state index is 6.18. The van der Waals surface area contributed by atoms with E-state index in [1.807, 2.05) is 20.9 Å². The average molecular weight is 230 g/mol. The number of aryl methyl sites for hydroxylation is 2. The van der Waals surface area contributed by atoms with Crippen LogP contribution in [0, 0.1) is 12.8 Å². The predicted octanol–water partition coefficient (Wildman–Crippen LogP) is 2.30. The van der Waals surface area contributed by atoms with E-state index in [1.165, 1.54) is 0 Å². The summed E-state index contributed by atoms with van der Waals surface area (Å²) in [4.78, 5) is 0. The molecule has 1 rings (SSSR count). The average Bonchev–Trinajstić information content (AvgIpc) is 2.39. The lowest BCUT2D eigenvalue weighted by molar-refractivity contribution is 0.427. The first-order valence-electron chi connectivity index (χ1n) is 5.40. The van der Waals surface area contributed by atoms with Crippen molar-refractivity contribution in [2.24, 2.45) is 18.7 Å². The highest BCUT2D eigenvalue weighted by atomic mass is 35.5. The minimum atomic E-state index is 0.200. The molecule has 0 aliphatic carbocycles. The largest absolute Gasteiger partial charge is 0.328 e. The normalized spacial score (nSPS) is 15.3. The molecule has 2 unspecified atom stereocenters. The fraction of sp³-hybridized carbons (Fsp3) is 0.727. The SMILES string of the molecule is CCC(Cc1c(C)nn(C)c1Cl)C(C)N. The Labute approximate surface area is 96.6 Å². The molecule has 0 amide bonds. The van der Waals surface area contributed by atoms with Gasteiger partial charge in [-0.05, 0) is 26.2 Å². The van der Waals surface area contributed by atoms with Crippen LogP contribution < -0.4 is 5.73 Å². The molecule has 1 heterocycles. The first kappa shape index (κ1) is 12.5. The van der Waals surface area contributed by atoms with Gasteiger partial charge >= 0.3 is 0 Å². The number of halogens is 1. The van der Waals surface area contributed by atoms with Crippen LogP contribution in [0.15, 0.2) is 0 Å². The van der Waals surface area contributed by atoms with Crippen molar-refractivity contribution in [3.63, 3.8) is 0 Å². The van der Waals surface area contributed by atoms with Crippen LogP contribution in [0.4, 0.5) is 0 Å². The first-order valence-corrected chi connectivity index (χ1v) is 5.78. The van der Waals surface area contributed by atoms with Crippen molar-refractivity contribution in [2.75, 3.05) is 0 Å². The highest BCUT2D eigenvalue weighted by molar-refractivity contribution is 6.30. The van der Waals surface area contributed by atoms with Crippen LogP contribution in [-0.4, -0.2) is 15.8 Å². The molecule has 1 aromatic heterocycles. The zero-order valence-corrected chi connectivity index (χ0v) is 10.7. The molecule has 2 N–H and O–H groups in total. The van der Waals surface area contributed by atoms with Gasteiger partial charge in [0.1, 0.15) is 5.15 Å². The molecule has 0 saturated heterocycles. The molecular formula is C11H20ClN3. The van der Waals surface area contributed by atoms with Crippen molar-refractivity contribution in [3.05, 3.63) is 16.4 Å². The molecule has 0 saturated carbocycles. The quantitative estimate of drug-likeness (QED) is 0.861. The van der Waals surface area contributed by atoms with E-state index in [2.05, 4.69) is 12.0 Å². The lowest BCUT2D eigenvalue weighted by Gasteiger charge is -2.18. The van der Waals surface area contributed by atoms with E-state index < -0.39 is 0 Å². The van der Waals surface area contributed by atoms with Crippen LogP contribution in [0.1, 0.15) is 31.5 Å². The Morgan fingerprint density at radius 2 is 2.13 bits per heavy atom. The van der Waals surface area contributed by atoms with Gasteiger partial charge in [-0.1, -0.05) is 24.9 Å². The van der Waals surface area contributed by atoms with Gasteiger partial charge in [-0.3, -0.25) is 4.68 Å². The van der Waals surface area contributed by atoms with Crippen molar-refractivity contribution in [2.45, 2.75) is 39.7 Å². The van der Waals surface area contributed by atoms with Gasteiger partial charge in [-0.15, -0.1) is 0 Å². The Hall–Kier alpha value is -0.540. The van der Waals surface area contributed by atoms with E-state index in [-0.39, 0.29) is 6.04 Å². The number of hydrogen-bond donors (Lipinski definition) is 1. The van der Waals surface area contributed by atoms with Crippen molar-refractivity contribution < 1.29 is 0 Å². The topological polar surface area (TPSA) is 43.8 Å². The molecule has 2 atom stereocenters. The van der Waals surface area contributed by atoms with Crippen LogP contribution in [0.3, 0.4) is 0 Å². The molecule has 0 aliphatic rings. The standard InChI is InChI=1S/C11H20ClN3/c1-5-9(7(2)13)6-10-8(3)14-15(4)11(10)12/h7,9H,5-6,13H2,1-4H3. The Bertz CT molecular complexity index is 331. The minimum Gasteiger partial charge on any atom is -0.328 e. The van der Waals surface area contributed by atoms with Gasteiger partial charge in [-0.2, -0.15) is 5.10 Å². The Balaban J connectivity index is 2.88. The summed E-state index contributed by atoms with van der Waals surface area (Å²) in [5.41, 5.74) is 8.09. The van der Waals surface area contributed by atoms with Gasteiger partial charge < -0.3 is 5.73 Å². The Morgan fingerprint density at radius 1 is 1.53 bits per heavy atom. The second-order valence-corrected chi connectivity index (χ2v) is 4.57. The summed E-state index contributed by atoms with van der Waals surface area (Å²) in [5, 5.41) is 5.04. The maximum Gasteiger partial charge on any atom is 0.130 e. The summed E-state index contributed by atoms with van der Waals surface area (Å²) in [6.07, 6.45) is 2.00. The molecule has 0 aliphatic heterocycles. The summed E-state index contributed by atoms with van der Waals surface area (Å²) in [5.74, 6) is 0.477. The fourth-order valence-corrected chi connectivity index (χ4v) is 2.12. The zero-order valence-electron chi connectivity index (χ0n) is 9.92. The zero-order chi connectivity index (χ0) is 11.6. The minimum absolute atomic E-state index is 0.200. The van der Waals surface area contributed by atoms with E-state index in [0.717, 1.165) is 29.3 Å². The first-order chi connectivity index (χ1) is 6.97. The van der Waals surface area contributed by atoms with Crippen molar-refractivity contribution in [1.29, 1.82) is 0 Å². The van der Waals surface area contributed by atoms with Crippen LogP contribution >= 0.6 is 11.6 Å². The Morgan fingerprint density at radius 3 is 2.47 bits per heavy atom. The second kappa shape index (κ2) is 4.99. The van der Waals surface area contributed by atoms with E-state index in [1.54, 1.807) is 4.68 Å². The number of nitrogens with zero attached hydrogens (tertiary/aromatic N) is 2. The van der Waals surface area contributed by atoms with Crippen molar-refractivity contribution in [3.8, 4) is 0 Å². The molecule has 0 bridgehead atoms. The van der Waals surface area contributed by atoms with Gasteiger partial charge in [0, 0.05) is 18.7 Å². The van der Waals surface area contributed by atoms with Gasteiger partial charge in [0.25, 0.3) is 0 Å². The molecule has 0 radical (unpaired) electrons. The van der Waals surface area contributed by atoms with Gasteiger partial charge in [0.05, 0.1) is 5.69 Å². The molecule has 1 aromatic rings. The smallest absolute Gasteiger partial charge is 0.130 e. The third-order valence-electron chi connectivity index (χ3n) is 3.00. The van der Waals surface area contributed by atoms with Gasteiger partial charge in [0.2, 0.25) is 0 Å². The second-order valence-electron chi connectivity index (χ2n) is 4.21. The molecule has 15 heavy (non-hydrogen) atoms. The Kier molecular flexibility index (Phi) is 4.17. The predicted molar refractivity (Wildman–Crippen MR) is 64.1 cm³/mol. The van der Waals surface area contributed by atoms with Crippen LogP contribution in [0.25, 0.3) is 0 Å². The van der Waals surface area contributed by atoms with E-state index in [4.69, 9.17) is 17.3 Å². The van der Waals surface area contributed by atoms with E-state index in [9.17, 15) is 0 Å². The third kappa shape index (κ3) is 2.73. The van der Waals surface area contributed by atoms with Gasteiger partial charge in [-0.25, -0.2) is 0 Å². The molecular weight excluding hydrogens is 210 g/mol. The highest BCUT2D eigenvalue weighted by Crippen LogP contribution is 2.24. The molecule has 0 fully saturated rings. The summed E-state index contributed by atoms with van der Waals surface area (Å²) < 4.78 is 1.72. The van der Waals surface area contributed by atoms with Gasteiger partial charge in [0.15, 0.2) is 0 Å². The number of nitrogens with two attached hydrogens (primary N) is 1. The summed E-state index contributed by atoms with van der Waals surface area (Å²) in [7, 11) is 1.87. The highest BCUT2D eigenvalue weighted by Gasteiger charge is 2.18. The summed E-state index contributed by atoms with van der Waals surface area (Å²) in [6, 6.07) is 0.200. The lowest BCUT2D eigenvalue weighted by atomic mass is 9.91. The lowest BCUT2D eigenvalue weighted by Crippen LogP contribution is -2.27. The number of hydrogen-bond acceptors (Lipinski definition) is 2. The third-order valence-corrected chi connectivity index (χ3v) is 3.48. The van der Waals surface area contributed by atoms with Crippen molar-refractivity contribution >= 4 is 11.6 Å². The summed E-state index contributed by atoms with van der Waals surface area (Å²) >= 11 is 6.18. The van der Waals surface area contributed by atoms with Crippen LogP contribution in [-0.2, 0) is 13.5 Å². The molecule has 0 spiro atoms. The molecule has 0 aromatic carbocycles. The maximum absolute atomic E-state index is 6.18. The van der Waals surface area contributed by atoms with E-state index >= 15 is 0 Å².